The van der Waals surface area contributed by atoms with Gasteiger partial charge in [-0.05, 0) is 75.0 Å². The van der Waals surface area contributed by atoms with E-state index in [2.05, 4.69) is 10.2 Å². The molecule has 1 aliphatic rings. The first-order valence-electron chi connectivity index (χ1n) is 11.7. The van der Waals surface area contributed by atoms with Gasteiger partial charge in [0.05, 0.1) is 35.7 Å². The van der Waals surface area contributed by atoms with Gasteiger partial charge >= 0.3 is 0 Å². The van der Waals surface area contributed by atoms with Crippen LogP contribution in [0.1, 0.15) is 35.2 Å². The number of methoxy groups -OCH3 is 2. The lowest BCUT2D eigenvalue weighted by atomic mass is 9.96. The summed E-state index contributed by atoms with van der Waals surface area (Å²) >= 11 is 4.19. The highest BCUT2D eigenvalue weighted by atomic mass is 35.5. The Balaban J connectivity index is 1.43. The largest absolute Gasteiger partial charge is 0.497 e. The van der Waals surface area contributed by atoms with E-state index in [1.54, 1.807) is 13.2 Å². The minimum Gasteiger partial charge on any atom is -0.497 e. The normalized spacial score (nSPS) is 16.5. The van der Waals surface area contributed by atoms with Gasteiger partial charge in [-0.3, -0.25) is 4.79 Å². The molecule has 1 saturated heterocycles. The first-order chi connectivity index (χ1) is 16.8. The number of halogens is 1. The number of hydrogen-bond donors (Lipinski definition) is 3. The fraction of sp³-hybridized carbons (Fsp3) is 0.480. The molecule has 4 N–H and O–H groups in total. The summed E-state index contributed by atoms with van der Waals surface area (Å²) in [5.74, 6) is 1.29. The molecule has 0 radical (unpaired) electrons. The van der Waals surface area contributed by atoms with E-state index in [0.717, 1.165) is 43.8 Å². The minimum absolute atomic E-state index is 0.238. The summed E-state index contributed by atoms with van der Waals surface area (Å²) in [6, 6.07) is 10.7. The Bertz CT molecular complexity index is 1010. The number of carbonyl (C=O) groups excluding carboxylic acids is 1. The molecule has 1 aliphatic heterocycles. The van der Waals surface area contributed by atoms with Crippen LogP contribution in [0, 0.1) is 5.92 Å². The molecular formula is C25H34ClN3O5S. The van der Waals surface area contributed by atoms with Crippen molar-refractivity contribution in [2.75, 3.05) is 46.1 Å². The number of amides is 1. The summed E-state index contributed by atoms with van der Waals surface area (Å²) in [7, 11) is 3.10. The molecule has 2 atom stereocenters. The lowest BCUT2D eigenvalue weighted by Gasteiger charge is -2.32. The zero-order chi connectivity index (χ0) is 25.4. The van der Waals surface area contributed by atoms with E-state index in [-0.39, 0.29) is 11.2 Å². The summed E-state index contributed by atoms with van der Waals surface area (Å²) in [4.78, 5) is 15.0. The number of benzene rings is 2. The number of nitrogens with zero attached hydrogens (tertiary/aromatic N) is 1. The van der Waals surface area contributed by atoms with Crippen LogP contribution in [0.15, 0.2) is 36.4 Å². The zero-order valence-electron chi connectivity index (χ0n) is 20.2. The molecule has 0 aliphatic carbocycles. The van der Waals surface area contributed by atoms with Crippen LogP contribution in [0.2, 0.25) is 5.02 Å². The van der Waals surface area contributed by atoms with E-state index in [4.69, 9.17) is 26.8 Å². The third-order valence-corrected chi connectivity index (χ3v) is 7.80. The molecule has 192 valence electrons. The topological polar surface area (TPSA) is 114 Å². The molecule has 10 heteroatoms. The Kier molecular flexibility index (Phi) is 10.2. The second kappa shape index (κ2) is 13.1. The van der Waals surface area contributed by atoms with E-state index in [1.165, 1.54) is 13.2 Å². The molecule has 1 fully saturated rings. The lowest BCUT2D eigenvalue weighted by molar-refractivity contribution is 0.0933. The number of ether oxygens (including phenoxy) is 2. The van der Waals surface area contributed by atoms with Crippen molar-refractivity contribution in [1.82, 2.24) is 10.2 Å². The fourth-order valence-corrected chi connectivity index (χ4v) is 5.09. The van der Waals surface area contributed by atoms with Gasteiger partial charge in [-0.25, -0.2) is 4.21 Å². The minimum atomic E-state index is -1.89. The quantitative estimate of drug-likeness (QED) is 0.304. The molecule has 0 spiro atoms. The maximum atomic E-state index is 12.7. The SMILES string of the molecule is COc1ccc(CC(CCN2CCC(CNC(=O)c3cc(Cl)c(N)cc3OC)CC2)S(=O)O)cc1. The first-order valence-corrected chi connectivity index (χ1v) is 13.2. The van der Waals surface area contributed by atoms with E-state index >= 15 is 0 Å². The average Bonchev–Trinajstić information content (AvgIpc) is 2.87. The van der Waals surface area contributed by atoms with E-state index in [9.17, 15) is 13.6 Å². The smallest absolute Gasteiger partial charge is 0.255 e. The first kappa shape index (κ1) is 27.3. The van der Waals surface area contributed by atoms with Crippen LogP contribution < -0.4 is 20.5 Å². The number of hydrogen-bond acceptors (Lipinski definition) is 6. The van der Waals surface area contributed by atoms with Gasteiger partial charge in [0.15, 0.2) is 11.1 Å². The second-order valence-corrected chi connectivity index (χ2v) is 10.4. The number of likely N-dealkylation sites (tertiary alicyclic amines) is 1. The predicted octanol–water partition coefficient (Wildman–Crippen LogP) is 3.60. The molecule has 0 aromatic heterocycles. The fourth-order valence-electron chi connectivity index (χ4n) is 4.29. The summed E-state index contributed by atoms with van der Waals surface area (Å²) in [5, 5.41) is 2.99. The van der Waals surface area contributed by atoms with Gasteiger partial charge < -0.3 is 30.0 Å². The second-order valence-electron chi connectivity index (χ2n) is 8.81. The van der Waals surface area contributed by atoms with E-state index in [1.807, 2.05) is 24.3 Å². The number of piperidine rings is 1. The highest BCUT2D eigenvalue weighted by Crippen LogP contribution is 2.29. The van der Waals surface area contributed by atoms with Gasteiger partial charge in [-0.15, -0.1) is 0 Å². The Morgan fingerprint density at radius 3 is 2.51 bits per heavy atom. The van der Waals surface area contributed by atoms with Gasteiger partial charge in [-0.2, -0.15) is 0 Å². The molecule has 35 heavy (non-hydrogen) atoms. The van der Waals surface area contributed by atoms with Gasteiger partial charge in [-0.1, -0.05) is 23.7 Å². The number of carbonyl (C=O) groups is 1. The van der Waals surface area contributed by atoms with Crippen molar-refractivity contribution >= 4 is 34.3 Å². The van der Waals surface area contributed by atoms with Gasteiger partial charge in [0, 0.05) is 12.6 Å². The summed E-state index contributed by atoms with van der Waals surface area (Å²) in [6.07, 6.45) is 3.10. The molecule has 2 aromatic carbocycles. The monoisotopic (exact) mass is 523 g/mol. The summed E-state index contributed by atoms with van der Waals surface area (Å²) in [5.41, 5.74) is 7.54. The van der Waals surface area contributed by atoms with Crippen molar-refractivity contribution in [3.8, 4) is 11.5 Å². The van der Waals surface area contributed by atoms with Crippen LogP contribution in [-0.4, -0.2) is 65.2 Å². The van der Waals surface area contributed by atoms with Gasteiger partial charge in [0.25, 0.3) is 5.91 Å². The standard InChI is InChI=1S/C25H34ClN3O5S/c1-33-19-5-3-17(4-6-19)13-20(35(31)32)9-12-29-10-7-18(8-11-29)16-28-25(30)21-14-22(26)23(27)15-24(21)34-2/h3-6,14-15,18,20H,7-13,16,27H2,1-2H3,(H,28,30)(H,31,32). The van der Waals surface area contributed by atoms with Crippen molar-refractivity contribution in [1.29, 1.82) is 0 Å². The Labute approximate surface area is 214 Å². The van der Waals surface area contributed by atoms with Crippen LogP contribution in [0.3, 0.4) is 0 Å². The van der Waals surface area contributed by atoms with E-state index < -0.39 is 11.1 Å². The van der Waals surface area contributed by atoms with Crippen molar-refractivity contribution in [3.05, 3.63) is 52.5 Å². The van der Waals surface area contributed by atoms with Crippen LogP contribution in [0.25, 0.3) is 0 Å². The van der Waals surface area contributed by atoms with Crippen LogP contribution in [0.4, 0.5) is 5.69 Å². The Morgan fingerprint density at radius 1 is 1.23 bits per heavy atom. The van der Waals surface area contributed by atoms with Crippen molar-refractivity contribution in [2.45, 2.75) is 30.9 Å². The number of nitrogen functional groups attached to an aromatic ring is 1. The molecule has 0 bridgehead atoms. The summed E-state index contributed by atoms with van der Waals surface area (Å²) in [6.45, 7) is 3.13. The van der Waals surface area contributed by atoms with Crippen LogP contribution in [0.5, 0.6) is 11.5 Å². The maximum Gasteiger partial charge on any atom is 0.255 e. The third kappa shape index (κ3) is 7.83. The molecule has 0 saturated carbocycles. The zero-order valence-corrected chi connectivity index (χ0v) is 21.7. The lowest BCUT2D eigenvalue weighted by Crippen LogP contribution is -2.40. The van der Waals surface area contributed by atoms with Crippen LogP contribution in [-0.2, 0) is 17.5 Å². The predicted molar refractivity (Wildman–Crippen MR) is 140 cm³/mol. The highest BCUT2D eigenvalue weighted by Gasteiger charge is 2.23. The summed E-state index contributed by atoms with van der Waals surface area (Å²) < 4.78 is 32.1. The molecule has 1 amide bonds. The van der Waals surface area contributed by atoms with Crippen molar-refractivity contribution < 1.29 is 23.0 Å². The number of nitrogens with one attached hydrogen (secondary N) is 1. The van der Waals surface area contributed by atoms with E-state index in [0.29, 0.717) is 47.3 Å². The highest BCUT2D eigenvalue weighted by molar-refractivity contribution is 7.79. The van der Waals surface area contributed by atoms with Crippen molar-refractivity contribution in [3.63, 3.8) is 0 Å². The number of nitrogens with two attached hydrogens (primary N) is 1. The van der Waals surface area contributed by atoms with Gasteiger partial charge in [0.1, 0.15) is 11.5 Å². The molecule has 3 rings (SSSR count). The third-order valence-electron chi connectivity index (χ3n) is 6.50. The number of rotatable bonds is 11. The molecule has 1 heterocycles. The molecule has 2 aromatic rings. The van der Waals surface area contributed by atoms with Crippen LogP contribution >= 0.6 is 11.6 Å². The molecule has 8 nitrogen and oxygen atoms in total. The Hall–Kier alpha value is -2.33. The van der Waals surface area contributed by atoms with Gasteiger partial charge in [0.2, 0.25) is 0 Å². The number of anilines is 1. The van der Waals surface area contributed by atoms with Crippen molar-refractivity contribution in [2.24, 2.45) is 5.92 Å². The maximum absolute atomic E-state index is 12.7. The molecular weight excluding hydrogens is 490 g/mol. The Morgan fingerprint density at radius 2 is 1.91 bits per heavy atom. The molecule has 2 unspecified atom stereocenters. The average molecular weight is 524 g/mol.